The summed E-state index contributed by atoms with van der Waals surface area (Å²) in [5, 5.41) is 0.262. The molecular formula is C15H8F3NO. The SMILES string of the molecule is O=Cc1c(-c2cccc(F)c2)[nH]c2c(F)c(F)ccc12. The Balaban J connectivity index is 2.36. The van der Waals surface area contributed by atoms with Crippen molar-refractivity contribution in [1.82, 2.24) is 4.98 Å². The first-order valence-electron chi connectivity index (χ1n) is 5.82. The van der Waals surface area contributed by atoms with Gasteiger partial charge in [-0.3, -0.25) is 4.79 Å². The molecule has 0 radical (unpaired) electrons. The van der Waals surface area contributed by atoms with Crippen LogP contribution in [0.4, 0.5) is 13.2 Å². The molecule has 3 aromatic rings. The van der Waals surface area contributed by atoms with Gasteiger partial charge in [-0.25, -0.2) is 13.2 Å². The van der Waals surface area contributed by atoms with Gasteiger partial charge in [-0.05, 0) is 24.3 Å². The van der Waals surface area contributed by atoms with E-state index >= 15 is 0 Å². The lowest BCUT2D eigenvalue weighted by atomic mass is 10.1. The molecule has 0 unspecified atom stereocenters. The van der Waals surface area contributed by atoms with E-state index in [0.29, 0.717) is 11.8 Å². The van der Waals surface area contributed by atoms with Crippen LogP contribution < -0.4 is 0 Å². The van der Waals surface area contributed by atoms with Gasteiger partial charge in [0.2, 0.25) is 0 Å². The molecule has 0 aliphatic heterocycles. The average Bonchev–Trinajstić information content (AvgIpc) is 2.82. The van der Waals surface area contributed by atoms with Gasteiger partial charge in [-0.2, -0.15) is 0 Å². The molecule has 20 heavy (non-hydrogen) atoms. The fourth-order valence-corrected chi connectivity index (χ4v) is 2.22. The lowest BCUT2D eigenvalue weighted by Gasteiger charge is -1.99. The van der Waals surface area contributed by atoms with Gasteiger partial charge in [0, 0.05) is 16.5 Å². The van der Waals surface area contributed by atoms with Gasteiger partial charge in [0.25, 0.3) is 0 Å². The van der Waals surface area contributed by atoms with Gasteiger partial charge in [0.1, 0.15) is 5.82 Å². The third-order valence-electron chi connectivity index (χ3n) is 3.14. The third-order valence-corrected chi connectivity index (χ3v) is 3.14. The lowest BCUT2D eigenvalue weighted by molar-refractivity contribution is 0.112. The Morgan fingerprint density at radius 1 is 1.05 bits per heavy atom. The van der Waals surface area contributed by atoms with Crippen LogP contribution in [0, 0.1) is 17.5 Å². The minimum atomic E-state index is -1.06. The van der Waals surface area contributed by atoms with Crippen LogP contribution in [-0.2, 0) is 0 Å². The molecule has 0 bridgehead atoms. The molecule has 3 rings (SSSR count). The number of carbonyl (C=O) groups excluding carboxylic acids is 1. The number of H-pyrrole nitrogens is 1. The summed E-state index contributed by atoms with van der Waals surface area (Å²) in [6, 6.07) is 7.79. The van der Waals surface area contributed by atoms with E-state index in [1.54, 1.807) is 6.07 Å². The number of halogens is 3. The van der Waals surface area contributed by atoms with Gasteiger partial charge >= 0.3 is 0 Å². The maximum absolute atomic E-state index is 13.7. The van der Waals surface area contributed by atoms with Crippen LogP contribution in [0.1, 0.15) is 10.4 Å². The summed E-state index contributed by atoms with van der Waals surface area (Å²) in [6.07, 6.45) is 0.538. The van der Waals surface area contributed by atoms with Crippen molar-refractivity contribution >= 4 is 17.2 Å². The third kappa shape index (κ3) is 1.79. The Labute approximate surface area is 111 Å². The van der Waals surface area contributed by atoms with Crippen molar-refractivity contribution in [2.45, 2.75) is 0 Å². The van der Waals surface area contributed by atoms with Crippen molar-refractivity contribution in [3.63, 3.8) is 0 Å². The first-order valence-corrected chi connectivity index (χ1v) is 5.82. The van der Waals surface area contributed by atoms with Crippen molar-refractivity contribution in [1.29, 1.82) is 0 Å². The van der Waals surface area contributed by atoms with Crippen LogP contribution in [0.5, 0.6) is 0 Å². The van der Waals surface area contributed by atoms with Crippen LogP contribution in [-0.4, -0.2) is 11.3 Å². The smallest absolute Gasteiger partial charge is 0.182 e. The predicted octanol–water partition coefficient (Wildman–Crippen LogP) is 4.06. The molecule has 0 atom stereocenters. The second-order valence-electron chi connectivity index (χ2n) is 4.33. The summed E-state index contributed by atoms with van der Waals surface area (Å²) in [5.41, 5.74) is 0.720. The number of aromatic amines is 1. The Kier molecular flexibility index (Phi) is 2.82. The first-order chi connectivity index (χ1) is 9.61. The molecule has 0 amide bonds. The zero-order chi connectivity index (χ0) is 14.3. The molecule has 1 aromatic heterocycles. The Hall–Kier alpha value is -2.56. The molecule has 1 heterocycles. The number of carbonyl (C=O) groups is 1. The molecule has 0 aliphatic rings. The Morgan fingerprint density at radius 2 is 1.85 bits per heavy atom. The molecule has 0 aliphatic carbocycles. The van der Waals surface area contributed by atoms with Crippen molar-refractivity contribution in [3.8, 4) is 11.3 Å². The number of hydrogen-bond donors (Lipinski definition) is 1. The number of benzene rings is 2. The number of hydrogen-bond acceptors (Lipinski definition) is 1. The molecular weight excluding hydrogens is 267 g/mol. The topological polar surface area (TPSA) is 32.9 Å². The van der Waals surface area contributed by atoms with E-state index in [1.165, 1.54) is 24.3 Å². The van der Waals surface area contributed by atoms with Crippen molar-refractivity contribution in [2.75, 3.05) is 0 Å². The molecule has 2 nitrogen and oxygen atoms in total. The van der Waals surface area contributed by atoms with Gasteiger partial charge in [0.05, 0.1) is 11.2 Å². The fraction of sp³-hybridized carbons (Fsp3) is 0. The van der Waals surface area contributed by atoms with Crippen LogP contribution in [0.3, 0.4) is 0 Å². The van der Waals surface area contributed by atoms with Gasteiger partial charge < -0.3 is 4.98 Å². The number of aromatic nitrogens is 1. The van der Waals surface area contributed by atoms with E-state index in [9.17, 15) is 18.0 Å². The summed E-state index contributed by atoms with van der Waals surface area (Å²) in [5.74, 6) is -2.56. The van der Waals surface area contributed by atoms with E-state index in [4.69, 9.17) is 0 Å². The summed E-state index contributed by atoms with van der Waals surface area (Å²) in [6.45, 7) is 0. The normalized spacial score (nSPS) is 10.9. The molecule has 0 saturated heterocycles. The van der Waals surface area contributed by atoms with Crippen molar-refractivity contribution in [3.05, 3.63) is 59.4 Å². The predicted molar refractivity (Wildman–Crippen MR) is 69.0 cm³/mol. The molecule has 0 spiro atoms. The molecule has 5 heteroatoms. The quantitative estimate of drug-likeness (QED) is 0.703. The largest absolute Gasteiger partial charge is 0.351 e. The summed E-state index contributed by atoms with van der Waals surface area (Å²) in [4.78, 5) is 13.9. The molecule has 100 valence electrons. The van der Waals surface area contributed by atoms with E-state index in [1.807, 2.05) is 0 Å². The second kappa shape index (κ2) is 4.52. The molecule has 1 N–H and O–H groups in total. The van der Waals surface area contributed by atoms with Gasteiger partial charge in [0.15, 0.2) is 17.9 Å². The zero-order valence-corrected chi connectivity index (χ0v) is 10.1. The van der Waals surface area contributed by atoms with E-state index in [0.717, 1.165) is 6.07 Å². The first kappa shape index (κ1) is 12.5. The van der Waals surface area contributed by atoms with Crippen LogP contribution in [0.2, 0.25) is 0 Å². The average molecular weight is 275 g/mol. The Morgan fingerprint density at radius 3 is 2.55 bits per heavy atom. The minimum Gasteiger partial charge on any atom is -0.351 e. The highest BCUT2D eigenvalue weighted by molar-refractivity contribution is 6.04. The molecule has 0 saturated carbocycles. The standard InChI is InChI=1S/C15H8F3NO/c16-9-3-1-2-8(6-9)14-11(7-20)10-4-5-12(17)13(18)15(10)19-14/h1-7,19H. The van der Waals surface area contributed by atoms with E-state index in [2.05, 4.69) is 4.98 Å². The number of aldehydes is 1. The highest BCUT2D eigenvalue weighted by Gasteiger charge is 2.17. The number of fused-ring (bicyclic) bond motifs is 1. The lowest BCUT2D eigenvalue weighted by Crippen LogP contribution is -1.85. The van der Waals surface area contributed by atoms with E-state index in [-0.39, 0.29) is 22.2 Å². The highest BCUT2D eigenvalue weighted by Crippen LogP contribution is 2.31. The van der Waals surface area contributed by atoms with Crippen LogP contribution in [0.15, 0.2) is 36.4 Å². The maximum Gasteiger partial charge on any atom is 0.182 e. The number of nitrogens with one attached hydrogen (secondary N) is 1. The monoisotopic (exact) mass is 275 g/mol. The zero-order valence-electron chi connectivity index (χ0n) is 10.1. The van der Waals surface area contributed by atoms with Crippen molar-refractivity contribution in [2.24, 2.45) is 0 Å². The minimum absolute atomic E-state index is 0.105. The van der Waals surface area contributed by atoms with Gasteiger partial charge in [-0.15, -0.1) is 0 Å². The number of rotatable bonds is 2. The van der Waals surface area contributed by atoms with Crippen LogP contribution in [0.25, 0.3) is 22.2 Å². The van der Waals surface area contributed by atoms with Crippen molar-refractivity contribution < 1.29 is 18.0 Å². The molecule has 0 fully saturated rings. The van der Waals surface area contributed by atoms with Crippen LogP contribution >= 0.6 is 0 Å². The summed E-state index contributed by atoms with van der Waals surface area (Å²) < 4.78 is 40.2. The summed E-state index contributed by atoms with van der Waals surface area (Å²) in [7, 11) is 0. The fourth-order valence-electron chi connectivity index (χ4n) is 2.22. The Bertz CT molecular complexity index is 823. The maximum atomic E-state index is 13.7. The highest BCUT2D eigenvalue weighted by atomic mass is 19.2. The second-order valence-corrected chi connectivity index (χ2v) is 4.33. The molecule has 2 aromatic carbocycles. The van der Waals surface area contributed by atoms with Gasteiger partial charge in [-0.1, -0.05) is 12.1 Å². The van der Waals surface area contributed by atoms with E-state index < -0.39 is 17.5 Å². The summed E-state index contributed by atoms with van der Waals surface area (Å²) >= 11 is 0.